The van der Waals surface area contributed by atoms with Gasteiger partial charge in [-0.1, -0.05) is 0 Å². The van der Waals surface area contributed by atoms with Crippen LogP contribution >= 0.6 is 0 Å². The first-order valence-corrected chi connectivity index (χ1v) is 9.74. The van der Waals surface area contributed by atoms with E-state index >= 15 is 0 Å². The van der Waals surface area contributed by atoms with Crippen LogP contribution in [0.15, 0.2) is 43.1 Å². The maximum Gasteiger partial charge on any atom is 0.185 e. The van der Waals surface area contributed by atoms with Crippen LogP contribution in [0.1, 0.15) is 19.3 Å². The monoisotopic (exact) mass is 395 g/mol. The lowest BCUT2D eigenvalue weighted by atomic mass is 9.96. The molecule has 0 aliphatic carbocycles. The Bertz CT molecular complexity index is 995. The number of hydrogen-bond acceptors (Lipinski definition) is 7. The van der Waals surface area contributed by atoms with E-state index in [0.29, 0.717) is 23.2 Å². The van der Waals surface area contributed by atoms with Gasteiger partial charge in [-0.2, -0.15) is 0 Å². The van der Waals surface area contributed by atoms with E-state index < -0.39 is 6.17 Å². The third-order valence-electron chi connectivity index (χ3n) is 5.99. The Morgan fingerprint density at radius 3 is 2.90 bits per heavy atom. The Morgan fingerprint density at radius 2 is 2.17 bits per heavy atom. The molecule has 4 heterocycles. The van der Waals surface area contributed by atoms with Crippen molar-refractivity contribution >= 4 is 5.82 Å². The first-order chi connectivity index (χ1) is 14.1. The van der Waals surface area contributed by atoms with Gasteiger partial charge in [-0.05, 0) is 31.4 Å². The molecule has 2 aliphatic heterocycles. The molecule has 0 amide bonds. The van der Waals surface area contributed by atoms with Crippen LogP contribution in [0.25, 0.3) is 17.1 Å². The quantitative estimate of drug-likeness (QED) is 0.699. The maximum atomic E-state index is 14.8. The van der Waals surface area contributed by atoms with Gasteiger partial charge in [0.1, 0.15) is 11.9 Å². The molecule has 0 spiro atoms. The van der Waals surface area contributed by atoms with Crippen LogP contribution in [0.4, 0.5) is 10.2 Å². The minimum Gasteiger partial charge on any atom is -0.507 e. The number of imidazole rings is 1. The summed E-state index contributed by atoms with van der Waals surface area (Å²) in [6, 6.07) is 5.27. The lowest BCUT2D eigenvalue weighted by molar-refractivity contribution is 0.176. The number of nitrogens with zero attached hydrogens (tertiary/aromatic N) is 6. The molecule has 0 saturated carbocycles. The highest BCUT2D eigenvalue weighted by molar-refractivity contribution is 5.66. The summed E-state index contributed by atoms with van der Waals surface area (Å²) in [5.41, 5.74) is 1.27. The number of aromatic hydroxyl groups is 1. The molecule has 29 heavy (non-hydrogen) atoms. The van der Waals surface area contributed by atoms with E-state index in [0.717, 1.165) is 24.9 Å². The summed E-state index contributed by atoms with van der Waals surface area (Å²) in [4.78, 5) is 10.2. The van der Waals surface area contributed by atoms with Crippen LogP contribution in [0.5, 0.6) is 5.75 Å². The lowest BCUT2D eigenvalue weighted by Gasteiger charge is -2.38. The zero-order chi connectivity index (χ0) is 20.0. The van der Waals surface area contributed by atoms with Gasteiger partial charge < -0.3 is 19.9 Å². The second-order valence-electron chi connectivity index (χ2n) is 7.72. The molecule has 3 aromatic rings. The first-order valence-electron chi connectivity index (χ1n) is 9.74. The zero-order valence-electron chi connectivity index (χ0n) is 16.0. The smallest absolute Gasteiger partial charge is 0.185 e. The summed E-state index contributed by atoms with van der Waals surface area (Å²) >= 11 is 0. The number of phenolic OH excluding ortho intramolecular Hbond substituents is 1. The summed E-state index contributed by atoms with van der Waals surface area (Å²) in [6.07, 6.45) is 8.41. The number of benzene rings is 1. The predicted molar refractivity (Wildman–Crippen MR) is 106 cm³/mol. The van der Waals surface area contributed by atoms with Crippen LogP contribution in [-0.4, -0.2) is 61.2 Å². The number of piperidine rings is 1. The molecule has 1 aromatic carbocycles. The van der Waals surface area contributed by atoms with Crippen molar-refractivity contribution in [2.24, 2.45) is 0 Å². The lowest BCUT2D eigenvalue weighted by Crippen LogP contribution is -2.55. The molecule has 9 heteroatoms. The summed E-state index contributed by atoms with van der Waals surface area (Å²) in [5.74, 6) is 0.897. The minimum absolute atomic E-state index is 0.0536. The molecule has 2 unspecified atom stereocenters. The number of rotatable bonds is 4. The van der Waals surface area contributed by atoms with E-state index in [2.05, 4.69) is 25.5 Å². The van der Waals surface area contributed by atoms with E-state index in [4.69, 9.17) is 0 Å². The van der Waals surface area contributed by atoms with Gasteiger partial charge in [0.25, 0.3) is 0 Å². The van der Waals surface area contributed by atoms with Crippen LogP contribution in [-0.2, 0) is 0 Å². The van der Waals surface area contributed by atoms with Gasteiger partial charge in [0.05, 0.1) is 29.8 Å². The summed E-state index contributed by atoms with van der Waals surface area (Å²) in [7, 11) is 1.84. The fourth-order valence-electron chi connectivity index (χ4n) is 4.35. The highest BCUT2D eigenvalue weighted by Gasteiger charge is 2.43. The van der Waals surface area contributed by atoms with Crippen molar-refractivity contribution in [2.45, 2.75) is 43.6 Å². The Balaban J connectivity index is 1.36. The second kappa shape index (κ2) is 7.07. The molecule has 2 bridgehead atoms. The fourth-order valence-corrected chi connectivity index (χ4v) is 4.35. The highest BCUT2D eigenvalue weighted by atomic mass is 19.1. The first kappa shape index (κ1) is 18.0. The molecule has 8 nitrogen and oxygen atoms in total. The van der Waals surface area contributed by atoms with Crippen LogP contribution in [0.2, 0.25) is 0 Å². The summed E-state index contributed by atoms with van der Waals surface area (Å²) in [6.45, 7) is 0. The van der Waals surface area contributed by atoms with Gasteiger partial charge in [0.15, 0.2) is 11.6 Å². The van der Waals surface area contributed by atoms with Gasteiger partial charge in [0, 0.05) is 37.6 Å². The average molecular weight is 395 g/mol. The Labute approximate surface area is 167 Å². The van der Waals surface area contributed by atoms with Crippen molar-refractivity contribution in [3.8, 4) is 22.8 Å². The third-order valence-corrected chi connectivity index (χ3v) is 5.99. The minimum atomic E-state index is -0.944. The van der Waals surface area contributed by atoms with Crippen molar-refractivity contribution in [1.82, 2.24) is 30.0 Å². The fraction of sp³-hybridized carbons (Fsp3) is 0.400. The molecule has 0 radical (unpaired) electrons. The number of anilines is 1. The second-order valence-corrected chi connectivity index (χ2v) is 7.72. The van der Waals surface area contributed by atoms with Gasteiger partial charge in [0.2, 0.25) is 0 Å². The van der Waals surface area contributed by atoms with Crippen LogP contribution in [0, 0.1) is 0 Å². The molecule has 4 atom stereocenters. The van der Waals surface area contributed by atoms with Crippen molar-refractivity contribution in [3.05, 3.63) is 43.1 Å². The van der Waals surface area contributed by atoms with Crippen molar-refractivity contribution < 1.29 is 9.50 Å². The SMILES string of the molecule is CN(c1cnc(-c2ccc(-n3ccnc3)cc2O)nn1)[C@H]1CC2CCC(N2)[C@H]1F. The molecule has 2 aromatic heterocycles. The zero-order valence-corrected chi connectivity index (χ0v) is 16.0. The maximum absolute atomic E-state index is 14.8. The predicted octanol–water partition coefficient (Wildman–Crippen LogP) is 2.10. The van der Waals surface area contributed by atoms with E-state index in [1.165, 1.54) is 0 Å². The van der Waals surface area contributed by atoms with Crippen molar-refractivity contribution in [2.75, 3.05) is 11.9 Å². The molecule has 2 fully saturated rings. The molecule has 150 valence electrons. The van der Waals surface area contributed by atoms with Crippen LogP contribution in [0.3, 0.4) is 0 Å². The van der Waals surface area contributed by atoms with Gasteiger partial charge in [-0.25, -0.2) is 14.4 Å². The molecule has 2 aliphatic rings. The standard InChI is InChI=1S/C20H22FN7O/c1-27(16-8-12-2-5-15(24-12)19(16)21)18-10-23-20(26-25-18)14-4-3-13(9-17(14)29)28-7-6-22-11-28/h3-4,6-7,9-12,15-16,19,24,29H,2,5,8H2,1H3/t12?,15?,16-,19+/m0/s1. The Hall–Kier alpha value is -3.07. The summed E-state index contributed by atoms with van der Waals surface area (Å²) in [5, 5.41) is 22.2. The number of alkyl halides is 1. The van der Waals surface area contributed by atoms with Gasteiger partial charge >= 0.3 is 0 Å². The topological polar surface area (TPSA) is 92.0 Å². The van der Waals surface area contributed by atoms with E-state index in [1.54, 1.807) is 41.6 Å². The molecule has 5 rings (SSSR count). The normalized spacial score (nSPS) is 25.9. The number of hydrogen-bond donors (Lipinski definition) is 2. The van der Waals surface area contributed by atoms with E-state index in [9.17, 15) is 9.50 Å². The number of halogens is 1. The average Bonchev–Trinajstić information content (AvgIpc) is 3.41. The van der Waals surface area contributed by atoms with Gasteiger partial charge in [-0.3, -0.25) is 0 Å². The molecular weight excluding hydrogens is 373 g/mol. The number of aromatic nitrogens is 5. The Kier molecular flexibility index (Phi) is 4.39. The number of nitrogens with one attached hydrogen (secondary N) is 1. The largest absolute Gasteiger partial charge is 0.507 e. The van der Waals surface area contributed by atoms with E-state index in [-0.39, 0.29) is 17.8 Å². The molecule has 2 saturated heterocycles. The summed E-state index contributed by atoms with van der Waals surface area (Å²) < 4.78 is 16.6. The van der Waals surface area contributed by atoms with Crippen molar-refractivity contribution in [1.29, 1.82) is 0 Å². The Morgan fingerprint density at radius 1 is 1.28 bits per heavy atom. The third kappa shape index (κ3) is 3.21. The molecule has 2 N–H and O–H groups in total. The van der Waals surface area contributed by atoms with E-state index in [1.807, 2.05) is 18.0 Å². The number of fused-ring (bicyclic) bond motifs is 2. The van der Waals surface area contributed by atoms with Crippen molar-refractivity contribution in [3.63, 3.8) is 0 Å². The highest BCUT2D eigenvalue weighted by Crippen LogP contribution is 2.33. The van der Waals surface area contributed by atoms with Crippen LogP contribution < -0.4 is 10.2 Å². The molecular formula is C20H22FN7O. The van der Waals surface area contributed by atoms with Gasteiger partial charge in [-0.15, -0.1) is 10.2 Å². The number of phenols is 1.